The summed E-state index contributed by atoms with van der Waals surface area (Å²) >= 11 is 11.5. The zero-order valence-corrected chi connectivity index (χ0v) is 11.7. The molecule has 0 saturated heterocycles. The molecule has 0 radical (unpaired) electrons. The molecule has 0 aliphatic carbocycles. The first kappa shape index (κ1) is 15.7. The average Bonchev–Trinajstić information content (AvgIpc) is 2.30. The summed E-state index contributed by atoms with van der Waals surface area (Å²) in [5, 5.41) is 11.7. The van der Waals surface area contributed by atoms with Crippen molar-refractivity contribution in [3.05, 3.63) is 22.3 Å². The van der Waals surface area contributed by atoms with E-state index in [9.17, 15) is 9.59 Å². The minimum absolute atomic E-state index is 0.0241. The van der Waals surface area contributed by atoms with Gasteiger partial charge in [0, 0.05) is 12.7 Å². The molecule has 0 unspecified atom stereocenters. The van der Waals surface area contributed by atoms with E-state index in [0.717, 1.165) is 0 Å². The van der Waals surface area contributed by atoms with Gasteiger partial charge >= 0.3 is 5.97 Å². The quantitative estimate of drug-likeness (QED) is 0.836. The zero-order valence-electron chi connectivity index (χ0n) is 10.2. The fraction of sp³-hybridized carbons (Fsp3) is 0.364. The van der Waals surface area contributed by atoms with Gasteiger partial charge in [-0.15, -0.1) is 0 Å². The fourth-order valence-corrected chi connectivity index (χ4v) is 1.72. The van der Waals surface area contributed by atoms with Gasteiger partial charge in [0.1, 0.15) is 0 Å². The van der Waals surface area contributed by atoms with Crippen LogP contribution < -0.4 is 5.32 Å². The summed E-state index contributed by atoms with van der Waals surface area (Å²) in [6.07, 6.45) is 1.35. The van der Waals surface area contributed by atoms with Gasteiger partial charge in [0.2, 0.25) is 5.91 Å². The maximum Gasteiger partial charge on any atom is 0.304 e. The van der Waals surface area contributed by atoms with Gasteiger partial charge in [-0.1, -0.05) is 23.2 Å². The topological polar surface area (TPSA) is 82.5 Å². The summed E-state index contributed by atoms with van der Waals surface area (Å²) in [7, 11) is 1.65. The Morgan fingerprint density at radius 3 is 2.74 bits per heavy atom. The number of likely N-dealkylation sites (N-methyl/N-ethyl adjacent to an activating group) is 1. The molecule has 19 heavy (non-hydrogen) atoms. The standard InChI is InChI=1S/C11H13Cl2N3O3/c1-16(3-2-10(18)19)6-9(17)15-11-8(13)4-7(12)5-14-11/h4-5H,2-3,6H2,1H3,(H,18,19)(H,14,15,17). The van der Waals surface area contributed by atoms with E-state index in [1.54, 1.807) is 11.9 Å². The van der Waals surface area contributed by atoms with E-state index in [-0.39, 0.29) is 36.3 Å². The Labute approximate surface area is 120 Å². The summed E-state index contributed by atoms with van der Waals surface area (Å²) in [6, 6.07) is 1.47. The third-order valence-corrected chi connectivity index (χ3v) is 2.68. The molecule has 1 aromatic rings. The molecule has 0 bridgehead atoms. The van der Waals surface area contributed by atoms with Crippen LogP contribution in [0.3, 0.4) is 0 Å². The van der Waals surface area contributed by atoms with E-state index >= 15 is 0 Å². The molecule has 0 saturated carbocycles. The van der Waals surface area contributed by atoms with Gasteiger partial charge in [-0.2, -0.15) is 0 Å². The molecule has 0 spiro atoms. The normalized spacial score (nSPS) is 10.5. The molecule has 0 atom stereocenters. The number of aromatic nitrogens is 1. The molecule has 104 valence electrons. The lowest BCUT2D eigenvalue weighted by Gasteiger charge is -2.15. The molecule has 1 aromatic heterocycles. The van der Waals surface area contributed by atoms with E-state index in [1.165, 1.54) is 12.3 Å². The van der Waals surface area contributed by atoms with Gasteiger partial charge in [0.05, 0.1) is 23.0 Å². The summed E-state index contributed by atoms with van der Waals surface area (Å²) < 4.78 is 0. The third kappa shape index (κ3) is 5.87. The minimum Gasteiger partial charge on any atom is -0.481 e. The van der Waals surface area contributed by atoms with Crippen LogP contribution in [0.5, 0.6) is 0 Å². The molecule has 0 aromatic carbocycles. The molecular weight excluding hydrogens is 293 g/mol. The maximum absolute atomic E-state index is 11.7. The van der Waals surface area contributed by atoms with Gasteiger partial charge in [0.15, 0.2) is 5.82 Å². The van der Waals surface area contributed by atoms with Gasteiger partial charge in [0.25, 0.3) is 0 Å². The number of rotatable bonds is 6. The number of nitrogens with zero attached hydrogens (tertiary/aromatic N) is 2. The maximum atomic E-state index is 11.7. The van der Waals surface area contributed by atoms with Crippen molar-refractivity contribution < 1.29 is 14.7 Å². The lowest BCUT2D eigenvalue weighted by Crippen LogP contribution is -2.32. The average molecular weight is 306 g/mol. The monoisotopic (exact) mass is 305 g/mol. The summed E-state index contributed by atoms with van der Waals surface area (Å²) in [5.74, 6) is -1.01. The molecule has 0 aliphatic heterocycles. The van der Waals surface area contributed by atoms with Crippen LogP contribution in [0.15, 0.2) is 12.3 Å². The second-order valence-corrected chi connectivity index (χ2v) is 4.76. The van der Waals surface area contributed by atoms with E-state index in [0.29, 0.717) is 5.02 Å². The zero-order chi connectivity index (χ0) is 14.4. The van der Waals surface area contributed by atoms with E-state index < -0.39 is 5.97 Å². The van der Waals surface area contributed by atoms with Crippen molar-refractivity contribution >= 4 is 40.9 Å². The van der Waals surface area contributed by atoms with Crippen molar-refractivity contribution in [2.75, 3.05) is 25.5 Å². The number of nitrogens with one attached hydrogen (secondary N) is 1. The van der Waals surface area contributed by atoms with Crippen LogP contribution in [0, 0.1) is 0 Å². The lowest BCUT2D eigenvalue weighted by molar-refractivity contribution is -0.137. The number of aliphatic carboxylic acids is 1. The number of anilines is 1. The second kappa shape index (κ2) is 7.28. The number of hydrogen-bond acceptors (Lipinski definition) is 4. The van der Waals surface area contributed by atoms with Crippen LogP contribution in [0.2, 0.25) is 10.0 Å². The highest BCUT2D eigenvalue weighted by Gasteiger charge is 2.11. The van der Waals surface area contributed by atoms with Crippen molar-refractivity contribution in [2.45, 2.75) is 6.42 Å². The molecule has 6 nitrogen and oxygen atoms in total. The first-order chi connectivity index (χ1) is 8.88. The Balaban J connectivity index is 2.48. The molecule has 1 heterocycles. The van der Waals surface area contributed by atoms with Crippen LogP contribution in [0.25, 0.3) is 0 Å². The Bertz CT molecular complexity index is 482. The Morgan fingerprint density at radius 1 is 1.47 bits per heavy atom. The Kier molecular flexibility index (Phi) is 6.01. The van der Waals surface area contributed by atoms with Gasteiger partial charge in [-0.3, -0.25) is 14.5 Å². The largest absolute Gasteiger partial charge is 0.481 e. The van der Waals surface area contributed by atoms with Crippen molar-refractivity contribution in [1.82, 2.24) is 9.88 Å². The number of carbonyl (C=O) groups excluding carboxylic acids is 1. The highest BCUT2D eigenvalue weighted by Crippen LogP contribution is 2.22. The van der Waals surface area contributed by atoms with Gasteiger partial charge in [-0.25, -0.2) is 4.98 Å². The Hall–Kier alpha value is -1.37. The van der Waals surface area contributed by atoms with E-state index in [1.807, 2.05) is 0 Å². The summed E-state index contributed by atoms with van der Waals surface area (Å²) in [5.41, 5.74) is 0. The van der Waals surface area contributed by atoms with E-state index in [2.05, 4.69) is 10.3 Å². The number of amides is 1. The van der Waals surface area contributed by atoms with Crippen molar-refractivity contribution in [3.63, 3.8) is 0 Å². The van der Waals surface area contributed by atoms with Crippen molar-refractivity contribution in [3.8, 4) is 0 Å². The van der Waals surface area contributed by atoms with E-state index in [4.69, 9.17) is 28.3 Å². The SMILES string of the molecule is CN(CCC(=O)O)CC(=O)Nc1ncc(Cl)cc1Cl. The highest BCUT2D eigenvalue weighted by molar-refractivity contribution is 6.36. The number of pyridine rings is 1. The minimum atomic E-state index is -0.908. The van der Waals surface area contributed by atoms with Crippen LogP contribution >= 0.6 is 23.2 Å². The third-order valence-electron chi connectivity index (χ3n) is 2.19. The summed E-state index contributed by atoms with van der Waals surface area (Å²) in [6.45, 7) is 0.332. The number of hydrogen-bond donors (Lipinski definition) is 2. The molecular formula is C11H13Cl2N3O3. The number of carboxylic acids is 1. The van der Waals surface area contributed by atoms with Gasteiger partial charge < -0.3 is 10.4 Å². The summed E-state index contributed by atoms with van der Waals surface area (Å²) in [4.78, 5) is 27.5. The molecule has 1 amide bonds. The molecule has 1 rings (SSSR count). The molecule has 8 heteroatoms. The molecule has 0 fully saturated rings. The first-order valence-electron chi connectivity index (χ1n) is 5.39. The predicted octanol–water partition coefficient (Wildman–Crippen LogP) is 1.73. The fourth-order valence-electron chi connectivity index (χ4n) is 1.29. The highest BCUT2D eigenvalue weighted by atomic mass is 35.5. The Morgan fingerprint density at radius 2 is 2.16 bits per heavy atom. The predicted molar refractivity (Wildman–Crippen MR) is 72.6 cm³/mol. The second-order valence-electron chi connectivity index (χ2n) is 3.91. The first-order valence-corrected chi connectivity index (χ1v) is 6.15. The molecule has 2 N–H and O–H groups in total. The number of halogens is 2. The smallest absolute Gasteiger partial charge is 0.304 e. The van der Waals surface area contributed by atoms with Crippen LogP contribution in [0.4, 0.5) is 5.82 Å². The van der Waals surface area contributed by atoms with Gasteiger partial charge in [-0.05, 0) is 13.1 Å². The molecule has 0 aliphatic rings. The van der Waals surface area contributed by atoms with Crippen molar-refractivity contribution in [2.24, 2.45) is 0 Å². The van der Waals surface area contributed by atoms with Crippen molar-refractivity contribution in [1.29, 1.82) is 0 Å². The van der Waals surface area contributed by atoms with Crippen LogP contribution in [0.1, 0.15) is 6.42 Å². The van der Waals surface area contributed by atoms with Crippen LogP contribution in [-0.2, 0) is 9.59 Å². The number of carbonyl (C=O) groups is 2. The number of carboxylic acid groups (broad SMARTS) is 1. The lowest BCUT2D eigenvalue weighted by atomic mass is 10.4. The van der Waals surface area contributed by atoms with Crippen LogP contribution in [-0.4, -0.2) is 47.0 Å².